The fourth-order valence-corrected chi connectivity index (χ4v) is 3.36. The Balaban J connectivity index is 1.86. The molecule has 0 aromatic carbocycles. The van der Waals surface area contributed by atoms with Gasteiger partial charge in [-0.15, -0.1) is 0 Å². The van der Waals surface area contributed by atoms with Crippen LogP contribution in [0, 0.1) is 4.77 Å². The maximum atomic E-state index is 5.47. The lowest BCUT2D eigenvalue weighted by atomic mass is 10.0. The number of fused-ring (bicyclic) bond motifs is 1. The van der Waals surface area contributed by atoms with E-state index in [2.05, 4.69) is 26.4 Å². The van der Waals surface area contributed by atoms with Crippen LogP contribution >= 0.6 is 12.2 Å². The quantitative estimate of drug-likeness (QED) is 0.875. The summed E-state index contributed by atoms with van der Waals surface area (Å²) in [6.45, 7) is 5.79. The third-order valence-corrected chi connectivity index (χ3v) is 4.24. The van der Waals surface area contributed by atoms with Crippen LogP contribution in [0.1, 0.15) is 32.2 Å². The van der Waals surface area contributed by atoms with Crippen molar-refractivity contribution in [3.8, 4) is 0 Å². The molecule has 1 N–H and O–H groups in total. The number of hydrogen-bond donors (Lipinski definition) is 1. The van der Waals surface area contributed by atoms with Gasteiger partial charge in [-0.1, -0.05) is 6.92 Å². The average molecular weight is 276 g/mol. The van der Waals surface area contributed by atoms with Gasteiger partial charge in [0.25, 0.3) is 0 Å². The lowest BCUT2D eigenvalue weighted by Gasteiger charge is -2.32. The number of aromatic nitrogens is 3. The Morgan fingerprint density at radius 2 is 2.21 bits per heavy atom. The van der Waals surface area contributed by atoms with Crippen molar-refractivity contribution in [3.63, 3.8) is 0 Å². The van der Waals surface area contributed by atoms with Crippen LogP contribution in [0.5, 0.6) is 0 Å². The highest BCUT2D eigenvalue weighted by Crippen LogP contribution is 2.26. The molecule has 0 amide bonds. The van der Waals surface area contributed by atoms with E-state index in [4.69, 9.17) is 12.2 Å². The molecule has 102 valence electrons. The maximum absolute atomic E-state index is 5.47. The van der Waals surface area contributed by atoms with E-state index in [1.807, 2.05) is 18.3 Å². The molecule has 1 aliphatic heterocycles. The number of likely N-dealkylation sites (tertiary alicyclic amines) is 1. The summed E-state index contributed by atoms with van der Waals surface area (Å²) in [6, 6.07) is 4.48. The fraction of sp³-hybridized carbons (Fsp3) is 0.571. The molecule has 2 aromatic heterocycles. The molecule has 0 aliphatic carbocycles. The van der Waals surface area contributed by atoms with Crippen molar-refractivity contribution < 1.29 is 0 Å². The highest BCUT2D eigenvalue weighted by Gasteiger charge is 2.22. The number of nitrogens with one attached hydrogen (secondary N) is 1. The van der Waals surface area contributed by atoms with E-state index >= 15 is 0 Å². The predicted molar refractivity (Wildman–Crippen MR) is 79.9 cm³/mol. The number of piperidine rings is 1. The molecule has 3 rings (SSSR count). The zero-order chi connectivity index (χ0) is 13.2. The van der Waals surface area contributed by atoms with Gasteiger partial charge in [0.05, 0.1) is 5.52 Å². The van der Waals surface area contributed by atoms with E-state index in [1.165, 1.54) is 26.1 Å². The van der Waals surface area contributed by atoms with Crippen LogP contribution in [0.15, 0.2) is 18.3 Å². The molecule has 0 bridgehead atoms. The van der Waals surface area contributed by atoms with E-state index in [-0.39, 0.29) is 0 Å². The molecule has 2 aromatic rings. The maximum Gasteiger partial charge on any atom is 0.179 e. The molecule has 1 saturated heterocycles. The minimum absolute atomic E-state index is 0.490. The predicted octanol–water partition coefficient (Wildman–Crippen LogP) is 3.14. The second-order valence-corrected chi connectivity index (χ2v) is 5.63. The highest BCUT2D eigenvalue weighted by molar-refractivity contribution is 7.71. The van der Waals surface area contributed by atoms with Crippen molar-refractivity contribution in [2.45, 2.75) is 32.2 Å². The minimum atomic E-state index is 0.490. The van der Waals surface area contributed by atoms with Crippen molar-refractivity contribution in [2.75, 3.05) is 19.6 Å². The van der Waals surface area contributed by atoms with E-state index < -0.39 is 0 Å². The summed E-state index contributed by atoms with van der Waals surface area (Å²) in [5.41, 5.74) is 2.05. The Morgan fingerprint density at radius 3 is 2.95 bits per heavy atom. The molecule has 0 atom stereocenters. The van der Waals surface area contributed by atoms with Crippen molar-refractivity contribution in [1.29, 1.82) is 0 Å². The van der Waals surface area contributed by atoms with Gasteiger partial charge >= 0.3 is 0 Å². The van der Waals surface area contributed by atoms with Crippen molar-refractivity contribution >= 4 is 23.4 Å². The van der Waals surface area contributed by atoms with Crippen LogP contribution < -0.4 is 0 Å². The molecule has 3 heterocycles. The van der Waals surface area contributed by atoms with Crippen molar-refractivity contribution in [1.82, 2.24) is 19.4 Å². The molecule has 5 heteroatoms. The molecule has 0 radical (unpaired) electrons. The van der Waals surface area contributed by atoms with Crippen molar-refractivity contribution in [3.05, 3.63) is 23.1 Å². The summed E-state index contributed by atoms with van der Waals surface area (Å²) < 4.78 is 3.02. The zero-order valence-electron chi connectivity index (χ0n) is 11.3. The second kappa shape index (κ2) is 5.43. The summed E-state index contributed by atoms with van der Waals surface area (Å²) in [5.74, 6) is 0. The highest BCUT2D eigenvalue weighted by atomic mass is 32.1. The average Bonchev–Trinajstić information content (AvgIpc) is 2.76. The van der Waals surface area contributed by atoms with Crippen LogP contribution in [0.25, 0.3) is 11.2 Å². The first-order valence-electron chi connectivity index (χ1n) is 7.07. The van der Waals surface area contributed by atoms with Gasteiger partial charge < -0.3 is 9.88 Å². The van der Waals surface area contributed by atoms with Gasteiger partial charge in [-0.05, 0) is 50.2 Å². The topological polar surface area (TPSA) is 36.9 Å². The first-order valence-corrected chi connectivity index (χ1v) is 7.48. The van der Waals surface area contributed by atoms with E-state index in [0.717, 1.165) is 28.8 Å². The summed E-state index contributed by atoms with van der Waals surface area (Å²) in [4.78, 5) is 10.3. The standard InChI is InChI=1S/C14H20N4S/c1-2-8-17-9-5-11(6-10-17)18-13-12(16-14(18)19)4-3-7-15-13/h3-4,7,11H,2,5-6,8-10H2,1H3,(H,16,19). The van der Waals surface area contributed by atoms with Gasteiger partial charge in [0, 0.05) is 25.3 Å². The smallest absolute Gasteiger partial charge is 0.179 e. The van der Waals surface area contributed by atoms with E-state index in [0.29, 0.717) is 6.04 Å². The molecule has 0 spiro atoms. The van der Waals surface area contributed by atoms with Gasteiger partial charge in [0.15, 0.2) is 10.4 Å². The van der Waals surface area contributed by atoms with Crippen LogP contribution in [0.4, 0.5) is 0 Å². The molecule has 0 unspecified atom stereocenters. The van der Waals surface area contributed by atoms with E-state index in [1.54, 1.807) is 0 Å². The Hall–Kier alpha value is -1.20. The van der Waals surface area contributed by atoms with Crippen LogP contribution in [-0.2, 0) is 0 Å². The Morgan fingerprint density at radius 1 is 1.42 bits per heavy atom. The molecule has 1 fully saturated rings. The number of hydrogen-bond acceptors (Lipinski definition) is 3. The Kier molecular flexibility index (Phi) is 3.66. The van der Waals surface area contributed by atoms with Crippen LogP contribution in [0.3, 0.4) is 0 Å². The van der Waals surface area contributed by atoms with Gasteiger partial charge in [0.1, 0.15) is 0 Å². The number of imidazole rings is 1. The number of aromatic amines is 1. The van der Waals surface area contributed by atoms with E-state index in [9.17, 15) is 0 Å². The SMILES string of the molecule is CCCN1CCC(n2c(=S)[nH]c3cccnc32)CC1. The van der Waals surface area contributed by atoms with Gasteiger partial charge in [0.2, 0.25) is 0 Å². The molecule has 1 aliphatic rings. The van der Waals surface area contributed by atoms with Crippen LogP contribution in [-0.4, -0.2) is 39.1 Å². The monoisotopic (exact) mass is 276 g/mol. The van der Waals surface area contributed by atoms with Gasteiger partial charge in [-0.25, -0.2) is 4.98 Å². The minimum Gasteiger partial charge on any atom is -0.329 e. The lowest BCUT2D eigenvalue weighted by Crippen LogP contribution is -2.35. The van der Waals surface area contributed by atoms with Crippen molar-refractivity contribution in [2.24, 2.45) is 0 Å². The number of pyridine rings is 1. The lowest BCUT2D eigenvalue weighted by molar-refractivity contribution is 0.188. The molecule has 0 saturated carbocycles. The van der Waals surface area contributed by atoms with Crippen LogP contribution in [0.2, 0.25) is 0 Å². The summed E-state index contributed by atoms with van der Waals surface area (Å²) in [7, 11) is 0. The van der Waals surface area contributed by atoms with Gasteiger partial charge in [-0.2, -0.15) is 0 Å². The first-order chi connectivity index (χ1) is 9.29. The molecule has 19 heavy (non-hydrogen) atoms. The fourth-order valence-electron chi connectivity index (χ4n) is 3.01. The summed E-state index contributed by atoms with van der Waals surface area (Å²) >= 11 is 5.47. The summed E-state index contributed by atoms with van der Waals surface area (Å²) in [5, 5.41) is 0. The number of rotatable bonds is 3. The normalized spacial score (nSPS) is 18.2. The molecular formula is C14H20N4S. The number of H-pyrrole nitrogens is 1. The number of nitrogens with zero attached hydrogens (tertiary/aromatic N) is 3. The largest absolute Gasteiger partial charge is 0.329 e. The summed E-state index contributed by atoms with van der Waals surface area (Å²) in [6.07, 6.45) is 5.40. The third kappa shape index (κ3) is 2.44. The second-order valence-electron chi connectivity index (χ2n) is 5.25. The first kappa shape index (κ1) is 12.8. The molecule has 4 nitrogen and oxygen atoms in total. The Labute approximate surface area is 118 Å². The molecular weight excluding hydrogens is 256 g/mol. The zero-order valence-corrected chi connectivity index (χ0v) is 12.1. The third-order valence-electron chi connectivity index (χ3n) is 3.94. The van der Waals surface area contributed by atoms with Gasteiger partial charge in [-0.3, -0.25) is 4.57 Å². The Bertz CT molecular complexity index is 607.